The molecule has 0 radical (unpaired) electrons. The molecule has 16 heavy (non-hydrogen) atoms. The van der Waals surface area contributed by atoms with E-state index in [0.29, 0.717) is 6.42 Å². The molecule has 2 rings (SSSR count). The Kier molecular flexibility index (Phi) is 2.74. The number of phenols is 1. The zero-order valence-corrected chi connectivity index (χ0v) is 8.44. The molecule has 1 fully saturated rings. The molecule has 0 saturated carbocycles. The number of aromatic hydroxyl groups is 1. The highest BCUT2D eigenvalue weighted by Gasteiger charge is 2.28. The number of hydrogen-bond acceptors (Lipinski definition) is 4. The third kappa shape index (κ3) is 1.71. The fraction of sp³-hybridized carbons (Fsp3) is 0.400. The molecule has 5 nitrogen and oxygen atoms in total. The van der Waals surface area contributed by atoms with Crippen LogP contribution in [0.25, 0.3) is 0 Å². The highest BCUT2D eigenvalue weighted by Crippen LogP contribution is 2.38. The molecule has 6 heteroatoms. The number of nitrogens with one attached hydrogen (secondary N) is 1. The summed E-state index contributed by atoms with van der Waals surface area (Å²) in [4.78, 5) is 9.89. The van der Waals surface area contributed by atoms with Gasteiger partial charge in [0.2, 0.25) is 5.75 Å². The van der Waals surface area contributed by atoms with E-state index in [4.69, 9.17) is 0 Å². The van der Waals surface area contributed by atoms with Gasteiger partial charge in [0.25, 0.3) is 0 Å². The van der Waals surface area contributed by atoms with Crippen molar-refractivity contribution in [3.63, 3.8) is 0 Å². The topological polar surface area (TPSA) is 75.4 Å². The molecule has 0 aliphatic carbocycles. The van der Waals surface area contributed by atoms with Gasteiger partial charge in [0.1, 0.15) is 5.82 Å². The lowest BCUT2D eigenvalue weighted by atomic mass is 10.0. The largest absolute Gasteiger partial charge is 0.502 e. The molecule has 0 spiro atoms. The summed E-state index contributed by atoms with van der Waals surface area (Å²) in [7, 11) is 0. The van der Waals surface area contributed by atoms with Crippen molar-refractivity contribution in [1.82, 2.24) is 5.32 Å². The van der Waals surface area contributed by atoms with E-state index in [1.165, 1.54) is 0 Å². The van der Waals surface area contributed by atoms with Crippen LogP contribution in [0.3, 0.4) is 0 Å². The molecule has 1 aliphatic heterocycles. The van der Waals surface area contributed by atoms with E-state index in [1.54, 1.807) is 0 Å². The molecule has 1 saturated heterocycles. The predicted molar refractivity (Wildman–Crippen MR) is 54.7 cm³/mol. The maximum atomic E-state index is 13.5. The van der Waals surface area contributed by atoms with Crippen LogP contribution in [0.5, 0.6) is 5.75 Å². The Morgan fingerprint density at radius 3 is 2.88 bits per heavy atom. The SMILES string of the molecule is O=[N+]([O-])c1ccc(F)c([C@@H]2CCCN2)c1O. The van der Waals surface area contributed by atoms with Crippen LogP contribution in [0, 0.1) is 15.9 Å². The Balaban J connectivity index is 2.49. The minimum atomic E-state index is -0.715. The average Bonchev–Trinajstić information content (AvgIpc) is 2.70. The number of rotatable bonds is 2. The van der Waals surface area contributed by atoms with Crippen LogP contribution >= 0.6 is 0 Å². The molecule has 0 unspecified atom stereocenters. The monoisotopic (exact) mass is 226 g/mol. The number of nitrogens with zero attached hydrogens (tertiary/aromatic N) is 1. The lowest BCUT2D eigenvalue weighted by molar-refractivity contribution is -0.386. The molecule has 86 valence electrons. The molecule has 1 heterocycles. The van der Waals surface area contributed by atoms with Gasteiger partial charge in [0, 0.05) is 12.1 Å². The second-order valence-electron chi connectivity index (χ2n) is 3.73. The predicted octanol–water partition coefficient (Wildman–Crippen LogP) is 1.86. The van der Waals surface area contributed by atoms with Gasteiger partial charge in [-0.2, -0.15) is 0 Å². The van der Waals surface area contributed by atoms with Gasteiger partial charge in [-0.25, -0.2) is 4.39 Å². The Bertz CT molecular complexity index is 430. The average molecular weight is 226 g/mol. The molecular formula is C10H11FN2O3. The van der Waals surface area contributed by atoms with E-state index < -0.39 is 22.2 Å². The van der Waals surface area contributed by atoms with Gasteiger partial charge in [-0.3, -0.25) is 10.1 Å². The van der Waals surface area contributed by atoms with E-state index in [2.05, 4.69) is 5.32 Å². The number of halogens is 1. The number of benzene rings is 1. The lowest BCUT2D eigenvalue weighted by Gasteiger charge is -2.13. The second kappa shape index (κ2) is 4.05. The maximum Gasteiger partial charge on any atom is 0.311 e. The standard InChI is InChI=1S/C10H11FN2O3/c11-6-3-4-8(13(15)16)10(14)9(6)7-2-1-5-12-7/h3-4,7,12,14H,1-2,5H2/t7-/m0/s1. The van der Waals surface area contributed by atoms with Crippen molar-refractivity contribution in [1.29, 1.82) is 0 Å². The second-order valence-corrected chi connectivity index (χ2v) is 3.73. The van der Waals surface area contributed by atoms with Gasteiger partial charge in [-0.1, -0.05) is 0 Å². The smallest absolute Gasteiger partial charge is 0.311 e. The number of nitro benzene ring substituents is 1. The maximum absolute atomic E-state index is 13.5. The third-order valence-corrected chi connectivity index (χ3v) is 2.75. The van der Waals surface area contributed by atoms with Crippen molar-refractivity contribution in [2.75, 3.05) is 6.54 Å². The van der Waals surface area contributed by atoms with Crippen molar-refractivity contribution in [2.45, 2.75) is 18.9 Å². The third-order valence-electron chi connectivity index (χ3n) is 2.75. The van der Waals surface area contributed by atoms with Crippen LogP contribution in [0.4, 0.5) is 10.1 Å². The van der Waals surface area contributed by atoms with E-state index in [9.17, 15) is 19.6 Å². The van der Waals surface area contributed by atoms with Crippen molar-refractivity contribution in [3.8, 4) is 5.75 Å². The Labute approximate surface area is 91.0 Å². The van der Waals surface area contributed by atoms with Gasteiger partial charge in [0.05, 0.1) is 10.5 Å². The Hall–Kier alpha value is -1.69. The fourth-order valence-corrected chi connectivity index (χ4v) is 1.98. The molecule has 2 N–H and O–H groups in total. The summed E-state index contributed by atoms with van der Waals surface area (Å²) in [6.07, 6.45) is 1.54. The molecule has 1 aromatic rings. The van der Waals surface area contributed by atoms with E-state index in [1.807, 2.05) is 0 Å². The molecular weight excluding hydrogens is 215 g/mol. The molecule has 1 aromatic carbocycles. The Morgan fingerprint density at radius 1 is 1.56 bits per heavy atom. The normalized spacial score (nSPS) is 19.9. The first kappa shape index (κ1) is 10.8. The minimum absolute atomic E-state index is 0.00620. The highest BCUT2D eigenvalue weighted by atomic mass is 19.1. The van der Waals surface area contributed by atoms with Crippen molar-refractivity contribution < 1.29 is 14.4 Å². The summed E-state index contributed by atoms with van der Waals surface area (Å²) in [5, 5.41) is 23.3. The Morgan fingerprint density at radius 2 is 2.31 bits per heavy atom. The highest BCUT2D eigenvalue weighted by molar-refractivity contribution is 5.52. The minimum Gasteiger partial charge on any atom is -0.502 e. The molecule has 0 bridgehead atoms. The van der Waals surface area contributed by atoms with Gasteiger partial charge in [-0.05, 0) is 25.5 Å². The van der Waals surface area contributed by atoms with Crippen LogP contribution in [0.15, 0.2) is 12.1 Å². The molecule has 0 aromatic heterocycles. The van der Waals surface area contributed by atoms with Crippen LogP contribution in [-0.2, 0) is 0 Å². The van der Waals surface area contributed by atoms with Crippen LogP contribution in [-0.4, -0.2) is 16.6 Å². The first-order chi connectivity index (χ1) is 7.61. The summed E-state index contributed by atoms with van der Waals surface area (Å²) in [5.74, 6) is -1.17. The summed E-state index contributed by atoms with van der Waals surface area (Å²) in [6.45, 7) is 0.728. The quantitative estimate of drug-likeness (QED) is 0.596. The summed E-state index contributed by atoms with van der Waals surface area (Å²) < 4.78 is 13.5. The van der Waals surface area contributed by atoms with Crippen molar-refractivity contribution in [3.05, 3.63) is 33.6 Å². The van der Waals surface area contributed by atoms with Gasteiger partial charge in [0.15, 0.2) is 0 Å². The molecule has 1 aliphatic rings. The number of hydrogen-bond donors (Lipinski definition) is 2. The van der Waals surface area contributed by atoms with E-state index >= 15 is 0 Å². The van der Waals surface area contributed by atoms with Gasteiger partial charge >= 0.3 is 5.69 Å². The number of phenolic OH excluding ortho intramolecular Hbond substituents is 1. The van der Waals surface area contributed by atoms with Crippen LogP contribution < -0.4 is 5.32 Å². The molecule has 1 atom stereocenters. The zero-order chi connectivity index (χ0) is 11.7. The first-order valence-electron chi connectivity index (χ1n) is 5.00. The van der Waals surface area contributed by atoms with Crippen molar-refractivity contribution in [2.24, 2.45) is 0 Å². The number of nitro groups is 1. The molecule has 0 amide bonds. The fourth-order valence-electron chi connectivity index (χ4n) is 1.98. The summed E-state index contributed by atoms with van der Waals surface area (Å²) >= 11 is 0. The summed E-state index contributed by atoms with van der Waals surface area (Å²) in [6, 6.07) is 1.66. The van der Waals surface area contributed by atoms with Crippen molar-refractivity contribution >= 4 is 5.69 Å². The van der Waals surface area contributed by atoms with Gasteiger partial charge < -0.3 is 10.4 Å². The lowest BCUT2D eigenvalue weighted by Crippen LogP contribution is -2.14. The summed E-state index contributed by atoms with van der Waals surface area (Å²) in [5.41, 5.74) is -0.447. The van der Waals surface area contributed by atoms with Gasteiger partial charge in [-0.15, -0.1) is 0 Å². The van der Waals surface area contributed by atoms with Crippen LogP contribution in [0.1, 0.15) is 24.4 Å². The zero-order valence-electron chi connectivity index (χ0n) is 8.44. The van der Waals surface area contributed by atoms with Crippen LogP contribution in [0.2, 0.25) is 0 Å². The van der Waals surface area contributed by atoms with E-state index in [-0.39, 0.29) is 11.6 Å². The first-order valence-corrected chi connectivity index (χ1v) is 5.00. The van der Waals surface area contributed by atoms with E-state index in [0.717, 1.165) is 25.1 Å².